The van der Waals surface area contributed by atoms with Crippen LogP contribution >= 0.6 is 0 Å². The maximum Gasteiger partial charge on any atom is 0.0509 e. The lowest BCUT2D eigenvalue weighted by Gasteiger charge is -2.51. The van der Waals surface area contributed by atoms with Gasteiger partial charge in [0, 0.05) is 51.4 Å². The van der Waals surface area contributed by atoms with E-state index in [1.54, 1.807) is 0 Å². The number of fused-ring (bicyclic) bond motifs is 3. The van der Waals surface area contributed by atoms with Gasteiger partial charge in [0.15, 0.2) is 0 Å². The van der Waals surface area contributed by atoms with Crippen molar-refractivity contribution in [3.8, 4) is 0 Å². The zero-order valence-electron chi connectivity index (χ0n) is 10.9. The van der Waals surface area contributed by atoms with Crippen molar-refractivity contribution in [3.63, 3.8) is 0 Å². The molecule has 3 unspecified atom stereocenters. The largest absolute Gasteiger partial charge is 0.381 e. The molecule has 3 atom stereocenters. The lowest BCUT2D eigenvalue weighted by Crippen LogP contribution is -2.67. The van der Waals surface area contributed by atoms with Crippen molar-refractivity contribution in [2.24, 2.45) is 5.92 Å². The van der Waals surface area contributed by atoms with Crippen molar-refractivity contribution in [2.45, 2.75) is 24.9 Å². The molecule has 2 bridgehead atoms. The first-order valence-electron chi connectivity index (χ1n) is 7.10. The number of ether oxygens (including phenoxy) is 1. The Balaban J connectivity index is 1.67. The molecule has 4 nitrogen and oxygen atoms in total. The van der Waals surface area contributed by atoms with E-state index in [4.69, 9.17) is 4.74 Å². The normalized spacial score (nSPS) is 43.6. The molecule has 0 aromatic heterocycles. The number of nitrogens with one attached hydrogen (secondary N) is 1. The fourth-order valence-electron chi connectivity index (χ4n) is 3.79. The van der Waals surface area contributed by atoms with Gasteiger partial charge in [-0.1, -0.05) is 0 Å². The summed E-state index contributed by atoms with van der Waals surface area (Å²) in [5.41, 5.74) is 0. The quantitative estimate of drug-likeness (QED) is 0.750. The number of hydrogen-bond acceptors (Lipinski definition) is 4. The van der Waals surface area contributed by atoms with Crippen molar-refractivity contribution < 1.29 is 4.74 Å². The van der Waals surface area contributed by atoms with Crippen LogP contribution in [0.4, 0.5) is 0 Å². The van der Waals surface area contributed by atoms with E-state index < -0.39 is 0 Å². The second kappa shape index (κ2) is 5.22. The topological polar surface area (TPSA) is 27.7 Å². The molecule has 4 fully saturated rings. The van der Waals surface area contributed by atoms with Gasteiger partial charge in [-0.15, -0.1) is 0 Å². The molecule has 98 valence electrons. The van der Waals surface area contributed by atoms with E-state index in [0.717, 1.165) is 13.2 Å². The summed E-state index contributed by atoms with van der Waals surface area (Å²) in [6.07, 6.45) is 2.56. The third-order valence-electron chi connectivity index (χ3n) is 4.77. The first-order chi connectivity index (χ1) is 8.38. The number of rotatable bonds is 3. The van der Waals surface area contributed by atoms with E-state index in [9.17, 15) is 0 Å². The molecule has 0 spiro atoms. The zero-order chi connectivity index (χ0) is 11.7. The Labute approximate surface area is 104 Å². The summed E-state index contributed by atoms with van der Waals surface area (Å²) < 4.78 is 5.66. The van der Waals surface area contributed by atoms with Crippen LogP contribution in [0.15, 0.2) is 0 Å². The molecule has 4 aliphatic heterocycles. The summed E-state index contributed by atoms with van der Waals surface area (Å²) >= 11 is 0. The van der Waals surface area contributed by atoms with Crippen LogP contribution in [0.3, 0.4) is 0 Å². The van der Waals surface area contributed by atoms with Crippen LogP contribution in [0.1, 0.15) is 12.8 Å². The van der Waals surface area contributed by atoms with Gasteiger partial charge in [0.1, 0.15) is 0 Å². The summed E-state index contributed by atoms with van der Waals surface area (Å²) in [5, 5.41) is 3.58. The van der Waals surface area contributed by atoms with E-state index in [1.807, 2.05) is 0 Å². The fraction of sp³-hybridized carbons (Fsp3) is 1.00. The van der Waals surface area contributed by atoms with Gasteiger partial charge in [0.25, 0.3) is 0 Å². The Morgan fingerprint density at radius 2 is 2.06 bits per heavy atom. The lowest BCUT2D eigenvalue weighted by molar-refractivity contribution is -0.0340. The summed E-state index contributed by atoms with van der Waals surface area (Å²) in [5.74, 6) is 0.708. The molecule has 0 amide bonds. The molecule has 0 radical (unpaired) electrons. The van der Waals surface area contributed by atoms with Gasteiger partial charge in [-0.2, -0.15) is 0 Å². The molecule has 0 saturated carbocycles. The highest BCUT2D eigenvalue weighted by Crippen LogP contribution is 2.26. The van der Waals surface area contributed by atoms with Gasteiger partial charge in [-0.05, 0) is 25.8 Å². The van der Waals surface area contributed by atoms with Crippen LogP contribution in [-0.4, -0.2) is 74.9 Å². The lowest BCUT2D eigenvalue weighted by atomic mass is 9.86. The Morgan fingerprint density at radius 3 is 2.59 bits per heavy atom. The van der Waals surface area contributed by atoms with Crippen LogP contribution in [0.5, 0.6) is 0 Å². The summed E-state index contributed by atoms with van der Waals surface area (Å²) in [7, 11) is 2.12. The van der Waals surface area contributed by atoms with Crippen molar-refractivity contribution in [3.05, 3.63) is 0 Å². The molecular weight excluding hydrogens is 214 g/mol. The molecule has 17 heavy (non-hydrogen) atoms. The van der Waals surface area contributed by atoms with Gasteiger partial charge < -0.3 is 10.1 Å². The Morgan fingerprint density at radius 1 is 1.24 bits per heavy atom. The van der Waals surface area contributed by atoms with E-state index >= 15 is 0 Å². The van der Waals surface area contributed by atoms with Gasteiger partial charge >= 0.3 is 0 Å². The highest BCUT2D eigenvalue weighted by molar-refractivity contribution is 4.97. The van der Waals surface area contributed by atoms with Crippen LogP contribution < -0.4 is 5.32 Å². The van der Waals surface area contributed by atoms with Crippen LogP contribution in [-0.2, 0) is 4.74 Å². The van der Waals surface area contributed by atoms with Crippen molar-refractivity contribution in [1.29, 1.82) is 0 Å². The molecule has 0 aromatic rings. The van der Waals surface area contributed by atoms with Crippen LogP contribution in [0, 0.1) is 5.92 Å². The highest BCUT2D eigenvalue weighted by atomic mass is 16.5. The molecule has 4 saturated heterocycles. The van der Waals surface area contributed by atoms with E-state index in [-0.39, 0.29) is 0 Å². The number of likely N-dealkylation sites (N-methyl/N-ethyl adjacent to an activating group) is 1. The Bertz CT molecular complexity index is 247. The van der Waals surface area contributed by atoms with Gasteiger partial charge in [0.2, 0.25) is 0 Å². The third kappa shape index (κ3) is 2.36. The minimum Gasteiger partial charge on any atom is -0.381 e. The second-order valence-corrected chi connectivity index (χ2v) is 5.70. The number of piperazine rings is 3. The Kier molecular flexibility index (Phi) is 3.66. The van der Waals surface area contributed by atoms with E-state index in [2.05, 4.69) is 22.2 Å². The molecular formula is C13H25N3O. The molecule has 0 aliphatic carbocycles. The van der Waals surface area contributed by atoms with Crippen molar-refractivity contribution in [1.82, 2.24) is 15.1 Å². The summed E-state index contributed by atoms with van der Waals surface area (Å²) in [6.45, 7) is 8.24. The molecule has 4 aliphatic rings. The molecule has 1 N–H and O–H groups in total. The van der Waals surface area contributed by atoms with Gasteiger partial charge in [0.05, 0.1) is 6.61 Å². The zero-order valence-corrected chi connectivity index (χ0v) is 10.9. The smallest absolute Gasteiger partial charge is 0.0509 e. The molecule has 4 heterocycles. The molecule has 4 rings (SSSR count). The minimum atomic E-state index is 0.610. The van der Waals surface area contributed by atoms with Crippen molar-refractivity contribution in [2.75, 3.05) is 53.0 Å². The van der Waals surface area contributed by atoms with Crippen LogP contribution in [0.25, 0.3) is 0 Å². The molecule has 4 heteroatoms. The number of nitrogens with zero attached hydrogens (tertiary/aromatic N) is 2. The first kappa shape index (κ1) is 11.9. The van der Waals surface area contributed by atoms with Crippen LogP contribution in [0.2, 0.25) is 0 Å². The Hall–Kier alpha value is -0.160. The SMILES string of the molecule is CNC(C1CCCOC1)C1CN2CCN1CC2. The first-order valence-corrected chi connectivity index (χ1v) is 7.10. The third-order valence-corrected chi connectivity index (χ3v) is 4.77. The van der Waals surface area contributed by atoms with E-state index in [0.29, 0.717) is 18.0 Å². The predicted molar refractivity (Wildman–Crippen MR) is 68.2 cm³/mol. The van der Waals surface area contributed by atoms with Gasteiger partial charge in [-0.25, -0.2) is 0 Å². The van der Waals surface area contributed by atoms with Gasteiger partial charge in [-0.3, -0.25) is 9.80 Å². The minimum absolute atomic E-state index is 0.610. The predicted octanol–water partition coefficient (Wildman–Crippen LogP) is 0.000800. The summed E-state index contributed by atoms with van der Waals surface area (Å²) in [6, 6.07) is 1.31. The van der Waals surface area contributed by atoms with E-state index in [1.165, 1.54) is 45.6 Å². The van der Waals surface area contributed by atoms with Crippen molar-refractivity contribution >= 4 is 0 Å². The maximum atomic E-state index is 5.66. The average Bonchev–Trinajstić information content (AvgIpc) is 2.42. The molecule has 0 aromatic carbocycles. The maximum absolute atomic E-state index is 5.66. The second-order valence-electron chi connectivity index (χ2n) is 5.70. The average molecular weight is 239 g/mol. The monoisotopic (exact) mass is 239 g/mol. The highest BCUT2D eigenvalue weighted by Gasteiger charge is 2.39. The summed E-state index contributed by atoms with van der Waals surface area (Å²) in [4.78, 5) is 5.31. The standard InChI is InChI=1S/C13H25N3O/c1-14-13(11-3-2-8-17-10-11)12-9-15-4-6-16(12)7-5-15/h11-14H,2-10H2,1H3. The number of hydrogen-bond donors (Lipinski definition) is 1. The fourth-order valence-corrected chi connectivity index (χ4v) is 3.79.